The van der Waals surface area contributed by atoms with Gasteiger partial charge in [0.05, 0.1) is 0 Å². The lowest BCUT2D eigenvalue weighted by Crippen LogP contribution is -2.49. The minimum absolute atomic E-state index is 0.614. The lowest BCUT2D eigenvalue weighted by Gasteiger charge is -2.24. The Bertz CT molecular complexity index is 187. The first-order valence-corrected chi connectivity index (χ1v) is 6.11. The van der Waals surface area contributed by atoms with Crippen molar-refractivity contribution in [3.8, 4) is 0 Å². The van der Waals surface area contributed by atoms with Gasteiger partial charge in [-0.05, 0) is 25.6 Å². The van der Waals surface area contributed by atoms with Crippen molar-refractivity contribution >= 4 is 17.7 Å². The van der Waals surface area contributed by atoms with Crippen LogP contribution in [0.1, 0.15) is 27.2 Å². The number of hydrogen-bond acceptors (Lipinski definition) is 3. The van der Waals surface area contributed by atoms with Crippen molar-refractivity contribution in [1.82, 2.24) is 5.32 Å². The lowest BCUT2D eigenvalue weighted by atomic mass is 10.1. The van der Waals surface area contributed by atoms with Crippen LogP contribution < -0.4 is 5.32 Å². The minimum atomic E-state index is -0.794. The highest BCUT2D eigenvalue weighted by atomic mass is 32.2. The molecule has 0 aliphatic carbocycles. The molecule has 0 amide bonds. The SMILES string of the molecule is CCC(C)CSCC(C)(NC)C(=O)O. The molecule has 4 heteroatoms. The molecule has 0 bridgehead atoms. The van der Waals surface area contributed by atoms with E-state index in [1.165, 1.54) is 0 Å². The maximum absolute atomic E-state index is 10.9. The van der Waals surface area contributed by atoms with Crippen LogP contribution in [-0.4, -0.2) is 35.2 Å². The van der Waals surface area contributed by atoms with Gasteiger partial charge in [-0.3, -0.25) is 4.79 Å². The van der Waals surface area contributed by atoms with E-state index < -0.39 is 11.5 Å². The molecule has 2 N–H and O–H groups in total. The molecule has 0 spiro atoms. The maximum atomic E-state index is 10.9. The third-order valence-electron chi connectivity index (χ3n) is 2.51. The third kappa shape index (κ3) is 4.33. The average molecular weight is 219 g/mol. The van der Waals surface area contributed by atoms with Gasteiger partial charge in [0.2, 0.25) is 0 Å². The maximum Gasteiger partial charge on any atom is 0.324 e. The van der Waals surface area contributed by atoms with Crippen molar-refractivity contribution < 1.29 is 9.90 Å². The fourth-order valence-electron chi connectivity index (χ4n) is 0.823. The van der Waals surface area contributed by atoms with Gasteiger partial charge in [-0.1, -0.05) is 20.3 Å². The van der Waals surface area contributed by atoms with Crippen molar-refractivity contribution in [3.63, 3.8) is 0 Å². The molecular weight excluding hydrogens is 198 g/mol. The molecule has 0 rings (SSSR count). The van der Waals surface area contributed by atoms with Crippen LogP contribution in [0.5, 0.6) is 0 Å². The molecule has 0 saturated carbocycles. The number of rotatable bonds is 7. The van der Waals surface area contributed by atoms with E-state index in [0.29, 0.717) is 11.7 Å². The number of aliphatic carboxylic acids is 1. The summed E-state index contributed by atoms with van der Waals surface area (Å²) in [6, 6.07) is 0. The zero-order valence-corrected chi connectivity index (χ0v) is 10.3. The van der Waals surface area contributed by atoms with Crippen LogP contribution in [0.3, 0.4) is 0 Å². The summed E-state index contributed by atoms with van der Waals surface area (Å²) < 4.78 is 0. The Morgan fingerprint density at radius 2 is 2.21 bits per heavy atom. The number of nitrogens with one attached hydrogen (secondary N) is 1. The van der Waals surface area contributed by atoms with E-state index in [4.69, 9.17) is 5.11 Å². The molecule has 0 heterocycles. The van der Waals surface area contributed by atoms with Crippen molar-refractivity contribution in [3.05, 3.63) is 0 Å². The smallest absolute Gasteiger partial charge is 0.324 e. The molecule has 84 valence electrons. The number of likely N-dealkylation sites (N-methyl/N-ethyl adjacent to an activating group) is 1. The molecule has 0 saturated heterocycles. The molecule has 0 aromatic heterocycles. The zero-order valence-electron chi connectivity index (χ0n) is 9.46. The van der Waals surface area contributed by atoms with Gasteiger partial charge in [-0.2, -0.15) is 11.8 Å². The third-order valence-corrected chi connectivity index (χ3v) is 4.10. The van der Waals surface area contributed by atoms with E-state index in [2.05, 4.69) is 19.2 Å². The van der Waals surface area contributed by atoms with Gasteiger partial charge in [0, 0.05) is 5.75 Å². The predicted molar refractivity (Wildman–Crippen MR) is 61.9 cm³/mol. The Morgan fingerprint density at radius 3 is 2.57 bits per heavy atom. The molecule has 0 aliphatic rings. The molecule has 2 unspecified atom stereocenters. The minimum Gasteiger partial charge on any atom is -0.480 e. The zero-order chi connectivity index (χ0) is 11.2. The summed E-state index contributed by atoms with van der Waals surface area (Å²) in [5.74, 6) is 1.52. The second kappa shape index (κ2) is 6.30. The van der Waals surface area contributed by atoms with Gasteiger partial charge >= 0.3 is 5.97 Å². The summed E-state index contributed by atoms with van der Waals surface area (Å²) in [4.78, 5) is 10.9. The number of carboxylic acid groups (broad SMARTS) is 1. The summed E-state index contributed by atoms with van der Waals surface area (Å²) in [6.45, 7) is 6.06. The Balaban J connectivity index is 3.90. The number of carbonyl (C=O) groups is 1. The van der Waals surface area contributed by atoms with E-state index in [0.717, 1.165) is 12.2 Å². The molecule has 3 nitrogen and oxygen atoms in total. The Kier molecular flexibility index (Phi) is 6.20. The van der Waals surface area contributed by atoms with Gasteiger partial charge in [-0.15, -0.1) is 0 Å². The molecular formula is C10H21NO2S. The largest absolute Gasteiger partial charge is 0.480 e. The first-order valence-electron chi connectivity index (χ1n) is 4.96. The second-order valence-electron chi connectivity index (χ2n) is 3.92. The van der Waals surface area contributed by atoms with Crippen LogP contribution in [0.2, 0.25) is 0 Å². The predicted octanol–water partition coefficient (Wildman–Crippen LogP) is 1.83. The van der Waals surface area contributed by atoms with E-state index in [-0.39, 0.29) is 0 Å². The summed E-state index contributed by atoms with van der Waals surface area (Å²) in [7, 11) is 1.69. The standard InChI is InChI=1S/C10H21NO2S/c1-5-8(2)6-14-7-10(3,11-4)9(12)13/h8,11H,5-7H2,1-4H3,(H,12,13). The van der Waals surface area contributed by atoms with E-state index in [1.54, 1.807) is 25.7 Å². The second-order valence-corrected chi connectivity index (χ2v) is 4.95. The van der Waals surface area contributed by atoms with Crippen molar-refractivity contribution in [1.29, 1.82) is 0 Å². The van der Waals surface area contributed by atoms with E-state index in [9.17, 15) is 4.79 Å². The van der Waals surface area contributed by atoms with Gasteiger partial charge in [0.1, 0.15) is 5.54 Å². The molecule has 14 heavy (non-hydrogen) atoms. The number of carboxylic acids is 1. The molecule has 0 radical (unpaired) electrons. The fraction of sp³-hybridized carbons (Fsp3) is 0.900. The molecule has 0 fully saturated rings. The van der Waals surface area contributed by atoms with Gasteiger partial charge < -0.3 is 10.4 Å². The molecule has 0 aliphatic heterocycles. The Labute approximate surface area is 90.7 Å². The Hall–Kier alpha value is -0.220. The van der Waals surface area contributed by atoms with Crippen molar-refractivity contribution in [2.45, 2.75) is 32.7 Å². The van der Waals surface area contributed by atoms with Crippen LogP contribution in [0, 0.1) is 5.92 Å². The fourth-order valence-corrected chi connectivity index (χ4v) is 2.25. The number of thioether (sulfide) groups is 1. The monoisotopic (exact) mass is 219 g/mol. The van der Waals surface area contributed by atoms with Crippen LogP contribution in [-0.2, 0) is 4.79 Å². The van der Waals surface area contributed by atoms with Gasteiger partial charge in [0.15, 0.2) is 0 Å². The van der Waals surface area contributed by atoms with E-state index >= 15 is 0 Å². The summed E-state index contributed by atoms with van der Waals surface area (Å²) in [5.41, 5.74) is -0.794. The van der Waals surface area contributed by atoms with Gasteiger partial charge in [-0.25, -0.2) is 0 Å². The quantitative estimate of drug-likeness (QED) is 0.686. The van der Waals surface area contributed by atoms with Crippen molar-refractivity contribution in [2.24, 2.45) is 5.92 Å². The first-order chi connectivity index (χ1) is 6.46. The topological polar surface area (TPSA) is 49.3 Å². The van der Waals surface area contributed by atoms with E-state index in [1.807, 2.05) is 0 Å². The number of hydrogen-bond donors (Lipinski definition) is 2. The highest BCUT2D eigenvalue weighted by Gasteiger charge is 2.30. The molecule has 2 atom stereocenters. The van der Waals surface area contributed by atoms with Crippen LogP contribution in [0.4, 0.5) is 0 Å². The first kappa shape index (κ1) is 13.8. The molecule has 0 aromatic carbocycles. The van der Waals surface area contributed by atoms with Crippen LogP contribution in [0.25, 0.3) is 0 Å². The van der Waals surface area contributed by atoms with Crippen molar-refractivity contribution in [2.75, 3.05) is 18.6 Å². The van der Waals surface area contributed by atoms with Crippen LogP contribution >= 0.6 is 11.8 Å². The molecule has 0 aromatic rings. The summed E-state index contributed by atoms with van der Waals surface area (Å²) in [6.07, 6.45) is 1.15. The Morgan fingerprint density at radius 1 is 1.64 bits per heavy atom. The normalized spacial score (nSPS) is 17.4. The summed E-state index contributed by atoms with van der Waals surface area (Å²) >= 11 is 1.70. The average Bonchev–Trinajstić information content (AvgIpc) is 2.16. The highest BCUT2D eigenvalue weighted by Crippen LogP contribution is 2.17. The lowest BCUT2D eigenvalue weighted by molar-refractivity contribution is -0.142. The van der Waals surface area contributed by atoms with Crippen LogP contribution in [0.15, 0.2) is 0 Å². The summed E-state index contributed by atoms with van der Waals surface area (Å²) in [5, 5.41) is 11.8. The highest BCUT2D eigenvalue weighted by molar-refractivity contribution is 7.99. The van der Waals surface area contributed by atoms with Gasteiger partial charge in [0.25, 0.3) is 0 Å².